The smallest absolute Gasteiger partial charge is 0.123 e. The summed E-state index contributed by atoms with van der Waals surface area (Å²) in [6.07, 6.45) is 2.72. The third-order valence-electron chi connectivity index (χ3n) is 4.50. The van der Waals surface area contributed by atoms with Crippen molar-refractivity contribution in [2.45, 2.75) is 32.4 Å². The first-order valence-electron chi connectivity index (χ1n) is 7.35. The minimum absolute atomic E-state index is 0.713. The normalized spacial score (nSPS) is 27.3. The Labute approximate surface area is 115 Å². The summed E-state index contributed by atoms with van der Waals surface area (Å²) in [7, 11) is 1.76. The standard InChI is InChI=1S/C16H24N2O/c1-12-5-6-16(19-2)14(8-12)10-18-9-13-4-3-7-17-15(13)11-18/h5-6,8,13,15,17H,3-4,7,9-11H2,1-2H3/t13-,15+/m0/s1. The van der Waals surface area contributed by atoms with Gasteiger partial charge in [-0.25, -0.2) is 0 Å². The van der Waals surface area contributed by atoms with Crippen molar-refractivity contribution in [3.05, 3.63) is 29.3 Å². The van der Waals surface area contributed by atoms with Crippen LogP contribution in [-0.2, 0) is 6.54 Å². The molecule has 0 saturated carbocycles. The summed E-state index contributed by atoms with van der Waals surface area (Å²) in [5.41, 5.74) is 2.63. The van der Waals surface area contributed by atoms with E-state index in [-0.39, 0.29) is 0 Å². The van der Waals surface area contributed by atoms with Gasteiger partial charge in [0.05, 0.1) is 7.11 Å². The molecule has 3 rings (SSSR count). The zero-order valence-corrected chi connectivity index (χ0v) is 12.0. The number of rotatable bonds is 3. The van der Waals surface area contributed by atoms with Crippen LogP contribution in [0.1, 0.15) is 24.0 Å². The molecule has 0 spiro atoms. The van der Waals surface area contributed by atoms with Gasteiger partial charge in [-0.15, -0.1) is 0 Å². The second-order valence-electron chi connectivity index (χ2n) is 5.97. The van der Waals surface area contributed by atoms with Gasteiger partial charge in [-0.05, 0) is 38.3 Å². The molecule has 0 aromatic heterocycles. The third-order valence-corrected chi connectivity index (χ3v) is 4.50. The summed E-state index contributed by atoms with van der Waals surface area (Å²) in [6.45, 7) is 6.77. The quantitative estimate of drug-likeness (QED) is 0.901. The van der Waals surface area contributed by atoms with Crippen LogP contribution in [0.25, 0.3) is 0 Å². The van der Waals surface area contributed by atoms with Gasteiger partial charge in [-0.1, -0.05) is 17.7 Å². The molecule has 2 aliphatic heterocycles. The van der Waals surface area contributed by atoms with Crippen LogP contribution >= 0.6 is 0 Å². The minimum atomic E-state index is 0.713. The molecule has 1 aromatic rings. The first-order chi connectivity index (χ1) is 9.26. The summed E-state index contributed by atoms with van der Waals surface area (Å²) in [5.74, 6) is 1.87. The lowest BCUT2D eigenvalue weighted by molar-refractivity contribution is 0.305. The van der Waals surface area contributed by atoms with E-state index in [2.05, 4.69) is 35.3 Å². The van der Waals surface area contributed by atoms with Crippen LogP contribution in [0.15, 0.2) is 18.2 Å². The molecule has 1 aromatic carbocycles. The Bertz CT molecular complexity index is 432. The van der Waals surface area contributed by atoms with Gasteiger partial charge in [0.15, 0.2) is 0 Å². The van der Waals surface area contributed by atoms with E-state index >= 15 is 0 Å². The zero-order valence-electron chi connectivity index (χ0n) is 12.0. The largest absolute Gasteiger partial charge is 0.496 e. The van der Waals surface area contributed by atoms with Crippen molar-refractivity contribution in [2.24, 2.45) is 5.92 Å². The molecule has 0 aliphatic carbocycles. The third kappa shape index (κ3) is 2.77. The molecule has 2 aliphatic rings. The van der Waals surface area contributed by atoms with Crippen LogP contribution in [0.5, 0.6) is 5.75 Å². The maximum atomic E-state index is 5.49. The molecular formula is C16H24N2O. The van der Waals surface area contributed by atoms with Crippen molar-refractivity contribution in [3.8, 4) is 5.75 Å². The average Bonchev–Trinajstić information content (AvgIpc) is 2.81. The van der Waals surface area contributed by atoms with E-state index in [4.69, 9.17) is 4.74 Å². The SMILES string of the molecule is COc1ccc(C)cc1CN1C[C@@H]2CCCN[C@@H]2C1. The lowest BCUT2D eigenvalue weighted by atomic mass is 9.94. The van der Waals surface area contributed by atoms with Gasteiger partial charge in [-0.2, -0.15) is 0 Å². The molecule has 3 heteroatoms. The number of aryl methyl sites for hydroxylation is 1. The number of hydrogen-bond acceptors (Lipinski definition) is 3. The van der Waals surface area contributed by atoms with Crippen LogP contribution in [0.3, 0.4) is 0 Å². The van der Waals surface area contributed by atoms with E-state index in [1.54, 1.807) is 7.11 Å². The molecule has 0 amide bonds. The van der Waals surface area contributed by atoms with Crippen LogP contribution in [0.2, 0.25) is 0 Å². The van der Waals surface area contributed by atoms with Crippen molar-refractivity contribution in [2.75, 3.05) is 26.7 Å². The van der Waals surface area contributed by atoms with Gasteiger partial charge < -0.3 is 10.1 Å². The first kappa shape index (κ1) is 12.9. The summed E-state index contributed by atoms with van der Waals surface area (Å²) < 4.78 is 5.49. The number of ether oxygens (including phenoxy) is 1. The molecule has 2 saturated heterocycles. The fraction of sp³-hybridized carbons (Fsp3) is 0.625. The lowest BCUT2D eigenvalue weighted by Crippen LogP contribution is -2.40. The van der Waals surface area contributed by atoms with Crippen molar-refractivity contribution < 1.29 is 4.74 Å². The zero-order chi connectivity index (χ0) is 13.2. The lowest BCUT2D eigenvalue weighted by Gasteiger charge is -2.24. The van der Waals surface area contributed by atoms with Gasteiger partial charge in [0.2, 0.25) is 0 Å². The number of hydrogen-bond donors (Lipinski definition) is 1. The van der Waals surface area contributed by atoms with E-state index in [0.717, 1.165) is 18.2 Å². The average molecular weight is 260 g/mol. The second-order valence-corrected chi connectivity index (χ2v) is 5.97. The maximum Gasteiger partial charge on any atom is 0.123 e. The number of nitrogens with zero attached hydrogens (tertiary/aromatic N) is 1. The number of piperidine rings is 1. The van der Waals surface area contributed by atoms with Crippen molar-refractivity contribution in [1.29, 1.82) is 0 Å². The molecule has 2 heterocycles. The Hall–Kier alpha value is -1.06. The Kier molecular flexibility index (Phi) is 3.76. The number of fused-ring (bicyclic) bond motifs is 1. The van der Waals surface area contributed by atoms with E-state index < -0.39 is 0 Å². The Morgan fingerprint density at radius 3 is 3.05 bits per heavy atom. The molecule has 2 atom stereocenters. The summed E-state index contributed by atoms with van der Waals surface area (Å²) in [5, 5.41) is 3.66. The highest BCUT2D eigenvalue weighted by Gasteiger charge is 2.34. The van der Waals surface area contributed by atoms with E-state index in [9.17, 15) is 0 Å². The highest BCUT2D eigenvalue weighted by atomic mass is 16.5. The van der Waals surface area contributed by atoms with Crippen molar-refractivity contribution >= 4 is 0 Å². The van der Waals surface area contributed by atoms with E-state index in [1.165, 1.54) is 43.6 Å². The van der Waals surface area contributed by atoms with Crippen LogP contribution < -0.4 is 10.1 Å². The van der Waals surface area contributed by atoms with Gasteiger partial charge in [0.25, 0.3) is 0 Å². The molecule has 19 heavy (non-hydrogen) atoms. The fourth-order valence-electron chi connectivity index (χ4n) is 3.54. The van der Waals surface area contributed by atoms with Gasteiger partial charge in [0, 0.05) is 31.2 Å². The number of methoxy groups -OCH3 is 1. The Morgan fingerprint density at radius 2 is 2.26 bits per heavy atom. The fourth-order valence-corrected chi connectivity index (χ4v) is 3.54. The summed E-state index contributed by atoms with van der Waals surface area (Å²) in [4.78, 5) is 2.57. The van der Waals surface area contributed by atoms with E-state index in [0.29, 0.717) is 6.04 Å². The highest BCUT2D eigenvalue weighted by molar-refractivity contribution is 5.36. The summed E-state index contributed by atoms with van der Waals surface area (Å²) >= 11 is 0. The van der Waals surface area contributed by atoms with Gasteiger partial charge in [-0.3, -0.25) is 4.90 Å². The summed E-state index contributed by atoms with van der Waals surface area (Å²) in [6, 6.07) is 7.18. The second kappa shape index (κ2) is 5.51. The predicted molar refractivity (Wildman–Crippen MR) is 77.5 cm³/mol. The monoisotopic (exact) mass is 260 g/mol. The van der Waals surface area contributed by atoms with Crippen molar-refractivity contribution in [1.82, 2.24) is 10.2 Å². The van der Waals surface area contributed by atoms with Crippen molar-refractivity contribution in [3.63, 3.8) is 0 Å². The molecule has 0 bridgehead atoms. The molecule has 104 valence electrons. The topological polar surface area (TPSA) is 24.5 Å². The molecule has 0 unspecified atom stereocenters. The Balaban J connectivity index is 1.70. The minimum Gasteiger partial charge on any atom is -0.496 e. The molecule has 2 fully saturated rings. The van der Waals surface area contributed by atoms with Crippen LogP contribution in [0.4, 0.5) is 0 Å². The molecule has 3 nitrogen and oxygen atoms in total. The molecular weight excluding hydrogens is 236 g/mol. The van der Waals surface area contributed by atoms with Gasteiger partial charge in [0.1, 0.15) is 5.75 Å². The molecule has 1 N–H and O–H groups in total. The van der Waals surface area contributed by atoms with Crippen LogP contribution in [0, 0.1) is 12.8 Å². The number of likely N-dealkylation sites (tertiary alicyclic amines) is 1. The highest BCUT2D eigenvalue weighted by Crippen LogP contribution is 2.28. The predicted octanol–water partition coefficient (Wildman–Crippen LogP) is 2.19. The van der Waals surface area contributed by atoms with Gasteiger partial charge >= 0.3 is 0 Å². The molecule has 0 radical (unpaired) electrons. The Morgan fingerprint density at radius 1 is 1.37 bits per heavy atom. The number of benzene rings is 1. The number of nitrogens with one attached hydrogen (secondary N) is 1. The first-order valence-corrected chi connectivity index (χ1v) is 7.35. The maximum absolute atomic E-state index is 5.49. The van der Waals surface area contributed by atoms with Crippen LogP contribution in [-0.4, -0.2) is 37.7 Å². The van der Waals surface area contributed by atoms with E-state index in [1.807, 2.05) is 0 Å².